The van der Waals surface area contributed by atoms with Crippen molar-refractivity contribution in [3.05, 3.63) is 0 Å². The van der Waals surface area contributed by atoms with Gasteiger partial charge in [-0.3, -0.25) is 0 Å². The van der Waals surface area contributed by atoms with Crippen molar-refractivity contribution in [2.24, 2.45) is 0 Å². The highest BCUT2D eigenvalue weighted by Gasteiger charge is 2.26. The molecule has 2 rings (SSSR count). The average molecular weight is 174 g/mol. The van der Waals surface area contributed by atoms with Crippen LogP contribution in [-0.4, -0.2) is 23.6 Å². The fraction of sp³-hybridized carbons (Fsp3) is 1.00. The molecule has 0 N–H and O–H groups in total. The minimum atomic E-state index is 1.20. The van der Waals surface area contributed by atoms with Gasteiger partial charge in [-0.05, 0) is 49.3 Å². The van der Waals surface area contributed by atoms with Gasteiger partial charge >= 0.3 is 0 Å². The van der Waals surface area contributed by atoms with Crippen molar-refractivity contribution in [1.29, 1.82) is 0 Å². The Bertz CT molecular complexity index is 87.8. The maximum atomic E-state index is 1.58. The van der Waals surface area contributed by atoms with Crippen LogP contribution in [0.4, 0.5) is 0 Å². The maximum Gasteiger partial charge on any atom is -0.0171 e. The quantitative estimate of drug-likeness (QED) is 0.536. The summed E-state index contributed by atoms with van der Waals surface area (Å²) in [4.78, 5) is 0. The molecule has 0 aromatic rings. The van der Waals surface area contributed by atoms with Crippen LogP contribution in [0.15, 0.2) is 0 Å². The molecule has 2 aliphatic rings. The highest BCUT2D eigenvalue weighted by molar-refractivity contribution is 7.44. The first-order valence-electron chi connectivity index (χ1n) is 4.43. The lowest BCUT2D eigenvalue weighted by atomic mass is 10.1. The van der Waals surface area contributed by atoms with Crippen LogP contribution in [0, 0.1) is 0 Å². The fourth-order valence-corrected chi connectivity index (χ4v) is 6.09. The van der Waals surface area contributed by atoms with Gasteiger partial charge in [-0.25, -0.2) is 0 Å². The van der Waals surface area contributed by atoms with E-state index in [4.69, 9.17) is 0 Å². The third-order valence-corrected chi connectivity index (χ3v) is 6.73. The number of rotatable bonds is 1. The first-order valence-corrected chi connectivity index (χ1v) is 7.00. The summed E-state index contributed by atoms with van der Waals surface area (Å²) in [6.07, 6.45) is 9.37. The highest BCUT2D eigenvalue weighted by Crippen LogP contribution is 2.46. The summed E-state index contributed by atoms with van der Waals surface area (Å²) in [7, 11) is 2.68. The van der Waals surface area contributed by atoms with Crippen molar-refractivity contribution in [3.63, 3.8) is 0 Å². The molecule has 2 heteroatoms. The lowest BCUT2D eigenvalue weighted by molar-refractivity contribution is 0.699. The monoisotopic (exact) mass is 174 g/mol. The van der Waals surface area contributed by atoms with Crippen LogP contribution in [0.2, 0.25) is 0 Å². The summed E-state index contributed by atoms with van der Waals surface area (Å²) in [6, 6.07) is 0. The van der Waals surface area contributed by atoms with E-state index in [1.807, 2.05) is 0 Å². The first-order chi connectivity index (χ1) is 4.97. The number of hydrogen-bond acceptors (Lipinski definition) is 0. The standard InChI is InChI=1S/C8H16P2/c1-3-7(9-5-1)8-4-2-6-10-8/h7-10H,1-6H2/t7-,8?/m1/s1. The predicted octanol–water partition coefficient (Wildman–Crippen LogP) is 2.67. The third-order valence-electron chi connectivity index (χ3n) is 2.68. The Balaban J connectivity index is 1.85. The Labute approximate surface area is 67.1 Å². The first kappa shape index (κ1) is 7.51. The van der Waals surface area contributed by atoms with Crippen molar-refractivity contribution in [2.45, 2.75) is 37.0 Å². The molecule has 0 saturated carbocycles. The molecule has 0 aromatic heterocycles. The van der Waals surface area contributed by atoms with Crippen LogP contribution in [-0.2, 0) is 0 Å². The molecule has 2 fully saturated rings. The zero-order chi connectivity index (χ0) is 6.81. The van der Waals surface area contributed by atoms with E-state index in [9.17, 15) is 0 Å². The largest absolute Gasteiger partial charge is 0.118 e. The molecule has 0 amide bonds. The topological polar surface area (TPSA) is 0 Å². The summed E-state index contributed by atoms with van der Waals surface area (Å²) in [5.74, 6) is 0. The summed E-state index contributed by atoms with van der Waals surface area (Å²) in [5, 5.41) is 0. The van der Waals surface area contributed by atoms with Crippen LogP contribution >= 0.6 is 17.2 Å². The Kier molecular flexibility index (Phi) is 2.63. The third kappa shape index (κ3) is 1.54. The van der Waals surface area contributed by atoms with Gasteiger partial charge in [0.1, 0.15) is 0 Å². The second-order valence-corrected chi connectivity index (χ2v) is 6.71. The van der Waals surface area contributed by atoms with E-state index in [-0.39, 0.29) is 0 Å². The van der Waals surface area contributed by atoms with Gasteiger partial charge in [0, 0.05) is 0 Å². The van der Waals surface area contributed by atoms with Crippen LogP contribution in [0.3, 0.4) is 0 Å². The molecule has 2 heterocycles. The van der Waals surface area contributed by atoms with E-state index in [1.54, 1.807) is 38.0 Å². The molecule has 10 heavy (non-hydrogen) atoms. The molecule has 0 spiro atoms. The lowest BCUT2D eigenvalue weighted by Crippen LogP contribution is -2.10. The normalized spacial score (nSPS) is 45.6. The van der Waals surface area contributed by atoms with E-state index in [0.29, 0.717) is 0 Å². The summed E-state index contributed by atoms with van der Waals surface area (Å²) >= 11 is 0. The van der Waals surface area contributed by atoms with E-state index >= 15 is 0 Å². The zero-order valence-electron chi connectivity index (χ0n) is 6.40. The molecule has 0 aliphatic carbocycles. The van der Waals surface area contributed by atoms with Gasteiger partial charge in [0.2, 0.25) is 0 Å². The Morgan fingerprint density at radius 3 is 1.60 bits per heavy atom. The minimum absolute atomic E-state index is 1.20. The van der Waals surface area contributed by atoms with E-state index in [2.05, 4.69) is 0 Å². The molecule has 2 saturated heterocycles. The van der Waals surface area contributed by atoms with Gasteiger partial charge in [-0.2, -0.15) is 0 Å². The highest BCUT2D eigenvalue weighted by atomic mass is 31.1. The maximum absolute atomic E-state index is 1.58. The predicted molar refractivity (Wildman–Crippen MR) is 52.4 cm³/mol. The lowest BCUT2D eigenvalue weighted by Gasteiger charge is -2.16. The van der Waals surface area contributed by atoms with Gasteiger partial charge in [-0.1, -0.05) is 0 Å². The molecule has 0 nitrogen and oxygen atoms in total. The Morgan fingerprint density at radius 2 is 1.30 bits per heavy atom. The molecule has 58 valence electrons. The van der Waals surface area contributed by atoms with E-state index in [0.717, 1.165) is 0 Å². The number of hydrogen-bond donors (Lipinski definition) is 0. The van der Waals surface area contributed by atoms with Crippen LogP contribution in [0.1, 0.15) is 25.7 Å². The smallest absolute Gasteiger partial charge is 0.0171 e. The van der Waals surface area contributed by atoms with Gasteiger partial charge in [0.15, 0.2) is 0 Å². The SMILES string of the molecule is C1CPC([C@H]2CCCP2)C1. The molecule has 0 bridgehead atoms. The molecule has 0 aromatic carbocycles. The molecule has 0 radical (unpaired) electrons. The molecular formula is C8H16P2. The van der Waals surface area contributed by atoms with E-state index in [1.165, 1.54) is 28.5 Å². The van der Waals surface area contributed by atoms with Crippen molar-refractivity contribution in [3.8, 4) is 0 Å². The second kappa shape index (κ2) is 3.51. The van der Waals surface area contributed by atoms with Gasteiger partial charge in [-0.15, -0.1) is 17.2 Å². The van der Waals surface area contributed by atoms with Crippen LogP contribution in [0.5, 0.6) is 0 Å². The van der Waals surface area contributed by atoms with Crippen molar-refractivity contribution in [2.75, 3.05) is 12.3 Å². The van der Waals surface area contributed by atoms with E-state index < -0.39 is 0 Å². The minimum Gasteiger partial charge on any atom is -0.118 e. The molecule has 2 aliphatic heterocycles. The fourth-order valence-electron chi connectivity index (χ4n) is 2.11. The van der Waals surface area contributed by atoms with Crippen molar-refractivity contribution >= 4 is 17.2 Å². The summed E-state index contributed by atoms with van der Waals surface area (Å²) < 4.78 is 0. The second-order valence-electron chi connectivity index (χ2n) is 3.41. The van der Waals surface area contributed by atoms with Gasteiger partial charge in [0.25, 0.3) is 0 Å². The molecule has 4 atom stereocenters. The van der Waals surface area contributed by atoms with Crippen LogP contribution in [0.25, 0.3) is 0 Å². The molecular weight excluding hydrogens is 158 g/mol. The Hall–Kier alpha value is 0.860. The van der Waals surface area contributed by atoms with Crippen LogP contribution < -0.4 is 0 Å². The average Bonchev–Trinajstić information content (AvgIpc) is 2.59. The molecule has 3 unspecified atom stereocenters. The summed E-state index contributed by atoms with van der Waals surface area (Å²) in [6.45, 7) is 0. The van der Waals surface area contributed by atoms with Crippen molar-refractivity contribution < 1.29 is 0 Å². The van der Waals surface area contributed by atoms with Gasteiger partial charge < -0.3 is 0 Å². The zero-order valence-corrected chi connectivity index (χ0v) is 8.40. The summed E-state index contributed by atoms with van der Waals surface area (Å²) in [5.41, 5.74) is 2.39. The van der Waals surface area contributed by atoms with Gasteiger partial charge in [0.05, 0.1) is 0 Å². The van der Waals surface area contributed by atoms with Crippen molar-refractivity contribution in [1.82, 2.24) is 0 Å². The Morgan fingerprint density at radius 1 is 0.800 bits per heavy atom.